The standard InChI is InChI=1S/C11H19N5O2/c1-4-16-10(9(13)7(3)15-16)11(18)14-6(2)5-8(12)17/h6H,4-5,13H2,1-3H3,(H2,12,17)(H,14,18). The minimum Gasteiger partial charge on any atom is -0.395 e. The summed E-state index contributed by atoms with van der Waals surface area (Å²) in [5, 5.41) is 6.83. The van der Waals surface area contributed by atoms with Crippen LogP contribution in [0.4, 0.5) is 5.69 Å². The number of nitrogens with zero attached hydrogens (tertiary/aromatic N) is 2. The number of rotatable bonds is 5. The van der Waals surface area contributed by atoms with Crippen LogP contribution in [0.3, 0.4) is 0 Å². The smallest absolute Gasteiger partial charge is 0.271 e. The van der Waals surface area contributed by atoms with E-state index in [0.717, 1.165) is 0 Å². The van der Waals surface area contributed by atoms with Crippen LogP contribution < -0.4 is 16.8 Å². The van der Waals surface area contributed by atoms with Gasteiger partial charge in [-0.25, -0.2) is 0 Å². The second-order valence-corrected chi connectivity index (χ2v) is 4.21. The Morgan fingerprint density at radius 1 is 1.50 bits per heavy atom. The Morgan fingerprint density at radius 3 is 2.61 bits per heavy atom. The van der Waals surface area contributed by atoms with Crippen molar-refractivity contribution in [1.82, 2.24) is 15.1 Å². The summed E-state index contributed by atoms with van der Waals surface area (Å²) >= 11 is 0. The van der Waals surface area contributed by atoms with Crippen molar-refractivity contribution < 1.29 is 9.59 Å². The maximum absolute atomic E-state index is 12.0. The number of aromatic nitrogens is 2. The van der Waals surface area contributed by atoms with Gasteiger partial charge in [-0.1, -0.05) is 0 Å². The average Bonchev–Trinajstić information content (AvgIpc) is 2.53. The largest absolute Gasteiger partial charge is 0.395 e. The van der Waals surface area contributed by atoms with Crippen LogP contribution in [0.2, 0.25) is 0 Å². The average molecular weight is 253 g/mol. The van der Waals surface area contributed by atoms with Gasteiger partial charge in [-0.2, -0.15) is 5.10 Å². The van der Waals surface area contributed by atoms with Gasteiger partial charge < -0.3 is 16.8 Å². The summed E-state index contributed by atoms with van der Waals surface area (Å²) in [5.74, 6) is -0.806. The summed E-state index contributed by atoms with van der Waals surface area (Å²) in [6, 6.07) is -0.338. The maximum atomic E-state index is 12.0. The fraction of sp³-hybridized carbons (Fsp3) is 0.545. The Balaban J connectivity index is 2.87. The molecule has 7 nitrogen and oxygen atoms in total. The van der Waals surface area contributed by atoms with Gasteiger partial charge in [0.2, 0.25) is 5.91 Å². The number of carbonyl (C=O) groups excluding carboxylic acids is 2. The third kappa shape index (κ3) is 2.99. The quantitative estimate of drug-likeness (QED) is 0.673. The number of hydrogen-bond donors (Lipinski definition) is 3. The summed E-state index contributed by atoms with van der Waals surface area (Å²) in [4.78, 5) is 22.8. The first-order valence-electron chi connectivity index (χ1n) is 5.78. The molecule has 2 amide bonds. The van der Waals surface area contributed by atoms with Crippen LogP contribution in [-0.2, 0) is 11.3 Å². The zero-order valence-corrected chi connectivity index (χ0v) is 10.9. The molecule has 1 aromatic rings. The van der Waals surface area contributed by atoms with Crippen molar-refractivity contribution in [3.8, 4) is 0 Å². The molecule has 1 heterocycles. The number of carbonyl (C=O) groups is 2. The number of nitrogen functional groups attached to an aromatic ring is 1. The molecule has 0 aliphatic heterocycles. The molecule has 1 unspecified atom stereocenters. The topological polar surface area (TPSA) is 116 Å². The molecule has 100 valence electrons. The minimum atomic E-state index is -0.462. The van der Waals surface area contributed by atoms with Gasteiger partial charge in [0.05, 0.1) is 11.4 Å². The van der Waals surface area contributed by atoms with Gasteiger partial charge >= 0.3 is 0 Å². The van der Waals surface area contributed by atoms with Crippen molar-refractivity contribution in [3.63, 3.8) is 0 Å². The fourth-order valence-corrected chi connectivity index (χ4v) is 1.71. The van der Waals surface area contributed by atoms with Gasteiger partial charge in [0.25, 0.3) is 5.91 Å². The van der Waals surface area contributed by atoms with Gasteiger partial charge in [-0.05, 0) is 20.8 Å². The van der Waals surface area contributed by atoms with E-state index >= 15 is 0 Å². The molecule has 0 saturated carbocycles. The van der Waals surface area contributed by atoms with Crippen molar-refractivity contribution in [2.24, 2.45) is 5.73 Å². The van der Waals surface area contributed by atoms with E-state index in [9.17, 15) is 9.59 Å². The minimum absolute atomic E-state index is 0.0882. The molecule has 0 aliphatic carbocycles. The highest BCUT2D eigenvalue weighted by Crippen LogP contribution is 2.16. The van der Waals surface area contributed by atoms with Gasteiger partial charge in [-0.3, -0.25) is 14.3 Å². The number of nitrogens with one attached hydrogen (secondary N) is 1. The van der Waals surface area contributed by atoms with Gasteiger partial charge in [0.1, 0.15) is 5.69 Å². The third-order valence-electron chi connectivity index (χ3n) is 2.57. The monoisotopic (exact) mass is 253 g/mol. The van der Waals surface area contributed by atoms with E-state index in [4.69, 9.17) is 11.5 Å². The molecule has 1 aromatic heterocycles. The summed E-state index contributed by atoms with van der Waals surface area (Å²) < 4.78 is 1.54. The molecule has 0 radical (unpaired) electrons. The van der Waals surface area contributed by atoms with Crippen molar-refractivity contribution in [1.29, 1.82) is 0 Å². The van der Waals surface area contributed by atoms with Crippen molar-refractivity contribution in [2.75, 3.05) is 5.73 Å². The first-order chi connectivity index (χ1) is 8.36. The second kappa shape index (κ2) is 5.52. The lowest BCUT2D eigenvalue weighted by Crippen LogP contribution is -2.37. The van der Waals surface area contributed by atoms with Crippen LogP contribution in [0.25, 0.3) is 0 Å². The number of hydrogen-bond acceptors (Lipinski definition) is 4. The first kappa shape index (κ1) is 14.0. The van der Waals surface area contributed by atoms with Gasteiger partial charge in [0, 0.05) is 19.0 Å². The molecule has 1 rings (SSSR count). The Bertz CT molecular complexity index is 466. The normalized spacial score (nSPS) is 12.2. The molecule has 0 aromatic carbocycles. The van der Waals surface area contributed by atoms with Gasteiger partial charge in [0.15, 0.2) is 0 Å². The van der Waals surface area contributed by atoms with E-state index in [0.29, 0.717) is 23.6 Å². The fourth-order valence-electron chi connectivity index (χ4n) is 1.71. The Kier molecular flexibility index (Phi) is 4.30. The lowest BCUT2D eigenvalue weighted by molar-refractivity contribution is -0.118. The van der Waals surface area contributed by atoms with Crippen LogP contribution in [0.5, 0.6) is 0 Å². The number of primary amides is 1. The summed E-state index contributed by atoms with van der Waals surface area (Å²) in [5.41, 5.74) is 12.2. The highest BCUT2D eigenvalue weighted by molar-refractivity contribution is 5.98. The van der Waals surface area contributed by atoms with Crippen LogP contribution in [0.15, 0.2) is 0 Å². The molecule has 1 atom stereocenters. The SMILES string of the molecule is CCn1nc(C)c(N)c1C(=O)NC(C)CC(N)=O. The van der Waals surface area contributed by atoms with Crippen LogP contribution in [-0.4, -0.2) is 27.6 Å². The van der Waals surface area contributed by atoms with E-state index < -0.39 is 5.91 Å². The molecule has 0 spiro atoms. The van der Waals surface area contributed by atoms with E-state index in [-0.39, 0.29) is 18.4 Å². The molecule has 5 N–H and O–H groups in total. The summed E-state index contributed by atoms with van der Waals surface area (Å²) in [6.07, 6.45) is 0.0882. The molecular weight excluding hydrogens is 234 g/mol. The summed E-state index contributed by atoms with van der Waals surface area (Å²) in [6.45, 7) is 5.87. The predicted molar refractivity (Wildman–Crippen MR) is 67.8 cm³/mol. The highest BCUT2D eigenvalue weighted by atomic mass is 16.2. The molecule has 18 heavy (non-hydrogen) atoms. The first-order valence-corrected chi connectivity index (χ1v) is 5.78. The summed E-state index contributed by atoms with van der Waals surface area (Å²) in [7, 11) is 0. The number of nitrogens with two attached hydrogens (primary N) is 2. The van der Waals surface area contributed by atoms with Crippen molar-refractivity contribution >= 4 is 17.5 Å². The molecular formula is C11H19N5O2. The molecule has 0 bridgehead atoms. The Hall–Kier alpha value is -2.05. The van der Waals surface area contributed by atoms with Crippen LogP contribution >= 0.6 is 0 Å². The van der Waals surface area contributed by atoms with E-state index in [1.54, 1.807) is 13.8 Å². The highest BCUT2D eigenvalue weighted by Gasteiger charge is 2.20. The molecule has 0 fully saturated rings. The number of anilines is 1. The zero-order valence-electron chi connectivity index (χ0n) is 10.9. The molecule has 0 saturated heterocycles. The third-order valence-corrected chi connectivity index (χ3v) is 2.57. The van der Waals surface area contributed by atoms with Crippen LogP contribution in [0, 0.1) is 6.92 Å². The number of aryl methyl sites for hydroxylation is 2. The number of amides is 2. The molecule has 7 heteroatoms. The lowest BCUT2D eigenvalue weighted by atomic mass is 10.2. The van der Waals surface area contributed by atoms with Crippen molar-refractivity contribution in [3.05, 3.63) is 11.4 Å². The van der Waals surface area contributed by atoms with Crippen LogP contribution in [0.1, 0.15) is 36.5 Å². The second-order valence-electron chi connectivity index (χ2n) is 4.21. The van der Waals surface area contributed by atoms with E-state index in [1.165, 1.54) is 4.68 Å². The Morgan fingerprint density at radius 2 is 2.11 bits per heavy atom. The lowest BCUT2D eigenvalue weighted by Gasteiger charge is -2.13. The van der Waals surface area contributed by atoms with Crippen molar-refractivity contribution in [2.45, 2.75) is 39.8 Å². The Labute approximate surface area is 106 Å². The zero-order chi connectivity index (χ0) is 13.9. The van der Waals surface area contributed by atoms with Gasteiger partial charge in [-0.15, -0.1) is 0 Å². The maximum Gasteiger partial charge on any atom is 0.271 e. The predicted octanol–water partition coefficient (Wildman–Crippen LogP) is -0.213. The molecule has 0 aliphatic rings. The van der Waals surface area contributed by atoms with E-state index in [2.05, 4.69) is 10.4 Å². The van der Waals surface area contributed by atoms with E-state index in [1.807, 2.05) is 6.92 Å².